The number of carbonyl (C=O) groups excluding carboxylic acids is 1. The van der Waals surface area contributed by atoms with Crippen molar-refractivity contribution in [1.29, 1.82) is 5.26 Å². The average Bonchev–Trinajstić information content (AvgIpc) is 2.97. The lowest BCUT2D eigenvalue weighted by Crippen LogP contribution is -2.34. The monoisotopic (exact) mass is 468 g/mol. The first-order valence-corrected chi connectivity index (χ1v) is 11.2. The molecule has 1 heterocycles. The molecule has 0 radical (unpaired) electrons. The van der Waals surface area contributed by atoms with E-state index < -0.39 is 11.7 Å². The summed E-state index contributed by atoms with van der Waals surface area (Å²) in [5.74, 6) is -0.334. The molecular formula is C26H23F3N2OS. The Morgan fingerprint density at radius 2 is 2.03 bits per heavy atom. The first-order valence-electron chi connectivity index (χ1n) is 10.4. The number of halogens is 3. The molecule has 1 N–H and O–H groups in total. The molecule has 170 valence electrons. The molecule has 3 nitrogen and oxygen atoms in total. The summed E-state index contributed by atoms with van der Waals surface area (Å²) < 4.78 is 40.7. The second-order valence-electron chi connectivity index (χ2n) is 7.97. The fourth-order valence-corrected chi connectivity index (χ4v) is 4.83. The van der Waals surface area contributed by atoms with Crippen LogP contribution in [0.25, 0.3) is 0 Å². The Bertz CT molecular complexity index is 1220. The highest BCUT2D eigenvalue weighted by Crippen LogP contribution is 2.44. The molecule has 33 heavy (non-hydrogen) atoms. The van der Waals surface area contributed by atoms with E-state index in [2.05, 4.69) is 11.0 Å². The zero-order valence-electron chi connectivity index (χ0n) is 18.7. The minimum atomic E-state index is -4.48. The van der Waals surface area contributed by atoms with E-state index in [1.54, 1.807) is 24.3 Å². The molecule has 1 amide bonds. The molecule has 0 saturated carbocycles. The van der Waals surface area contributed by atoms with Crippen LogP contribution in [-0.2, 0) is 0 Å². The number of hydrogen-bond acceptors (Lipinski definition) is 3. The minimum absolute atomic E-state index is 0.0116. The van der Waals surface area contributed by atoms with Gasteiger partial charge in [0.2, 0.25) is 0 Å². The van der Waals surface area contributed by atoms with Gasteiger partial charge >= 0.3 is 6.18 Å². The van der Waals surface area contributed by atoms with Gasteiger partial charge in [-0.05, 0) is 68.7 Å². The summed E-state index contributed by atoms with van der Waals surface area (Å²) in [5.41, 5.74) is 4.19. The SMILES string of the molecule is CC1=C=CC=C(C2=C(C)C(C)C=C(C(C)NC(=O)c3cccc(C#N)c3)S2)C=C1C(F)(F)F. The highest BCUT2D eigenvalue weighted by atomic mass is 32.2. The van der Waals surface area contributed by atoms with Crippen LogP contribution in [0.4, 0.5) is 13.2 Å². The number of thioether (sulfide) groups is 1. The number of rotatable bonds is 4. The van der Waals surface area contributed by atoms with Gasteiger partial charge in [-0.2, -0.15) is 18.4 Å². The molecule has 1 aromatic carbocycles. The summed E-state index contributed by atoms with van der Waals surface area (Å²) in [7, 11) is 0. The number of nitrogens with zero attached hydrogens (tertiary/aromatic N) is 1. The maximum atomic E-state index is 13.6. The van der Waals surface area contributed by atoms with Crippen LogP contribution in [0, 0.1) is 17.2 Å². The molecule has 1 aliphatic heterocycles. The topological polar surface area (TPSA) is 52.9 Å². The lowest BCUT2D eigenvalue weighted by molar-refractivity contribution is -0.0893. The first kappa shape index (κ1) is 24.4. The predicted octanol–water partition coefficient (Wildman–Crippen LogP) is 6.75. The first-order chi connectivity index (χ1) is 15.5. The standard InChI is InChI=1S/C26H23F3N2OS/c1-15-7-5-9-20(13-22(15)26(27,28)29)24-17(3)16(2)11-23(33-24)18(4)31-25(32)21-10-6-8-19(12-21)14-30/h5-6,8-13,16,18H,1-4H3,(H,31,32). The Kier molecular flexibility index (Phi) is 7.22. The van der Waals surface area contributed by atoms with Crippen LogP contribution in [-0.4, -0.2) is 18.1 Å². The quantitative estimate of drug-likeness (QED) is 0.498. The van der Waals surface area contributed by atoms with Crippen LogP contribution >= 0.6 is 11.8 Å². The summed E-state index contributed by atoms with van der Waals surface area (Å²) in [6.07, 6.45) is 1.86. The van der Waals surface area contributed by atoms with E-state index in [1.165, 1.54) is 36.9 Å². The summed E-state index contributed by atoms with van der Waals surface area (Å²) in [5, 5.41) is 12.0. The van der Waals surface area contributed by atoms with Crippen molar-refractivity contribution in [3.63, 3.8) is 0 Å². The molecule has 0 fully saturated rings. The van der Waals surface area contributed by atoms with E-state index in [9.17, 15) is 18.0 Å². The van der Waals surface area contributed by atoms with Gasteiger partial charge in [0.1, 0.15) is 0 Å². The highest BCUT2D eigenvalue weighted by molar-refractivity contribution is 8.07. The van der Waals surface area contributed by atoms with Crippen molar-refractivity contribution >= 4 is 17.7 Å². The summed E-state index contributed by atoms with van der Waals surface area (Å²) in [4.78, 5) is 14.3. The van der Waals surface area contributed by atoms with Gasteiger partial charge in [0, 0.05) is 20.9 Å². The van der Waals surface area contributed by atoms with Crippen molar-refractivity contribution < 1.29 is 18.0 Å². The molecule has 1 aromatic rings. The van der Waals surface area contributed by atoms with Gasteiger partial charge < -0.3 is 5.32 Å². The average molecular weight is 469 g/mol. The highest BCUT2D eigenvalue weighted by Gasteiger charge is 2.36. The van der Waals surface area contributed by atoms with Gasteiger partial charge in [-0.25, -0.2) is 0 Å². The van der Waals surface area contributed by atoms with Gasteiger partial charge in [-0.15, -0.1) is 5.73 Å². The van der Waals surface area contributed by atoms with Crippen LogP contribution < -0.4 is 5.32 Å². The summed E-state index contributed by atoms with van der Waals surface area (Å²) in [6.45, 7) is 7.12. The number of alkyl halides is 3. The van der Waals surface area contributed by atoms with Crippen molar-refractivity contribution in [3.05, 3.63) is 97.5 Å². The third kappa shape index (κ3) is 5.60. The third-order valence-electron chi connectivity index (χ3n) is 5.54. The van der Waals surface area contributed by atoms with E-state index in [4.69, 9.17) is 5.26 Å². The molecule has 0 saturated heterocycles. The number of benzene rings is 1. The van der Waals surface area contributed by atoms with Crippen LogP contribution in [0.15, 0.2) is 86.4 Å². The predicted molar refractivity (Wildman–Crippen MR) is 125 cm³/mol. The van der Waals surface area contributed by atoms with Crippen LogP contribution in [0.2, 0.25) is 0 Å². The van der Waals surface area contributed by atoms with Gasteiger partial charge in [0.15, 0.2) is 0 Å². The normalized spacial score (nSPS) is 19.5. The molecule has 7 heteroatoms. The zero-order chi connectivity index (χ0) is 24.3. The Hall–Kier alpha value is -3.20. The number of nitrogens with one attached hydrogen (secondary N) is 1. The van der Waals surface area contributed by atoms with Crippen LogP contribution in [0.3, 0.4) is 0 Å². The van der Waals surface area contributed by atoms with E-state index in [0.717, 1.165) is 15.4 Å². The maximum Gasteiger partial charge on any atom is 0.417 e. The number of carbonyl (C=O) groups is 1. The van der Waals surface area contributed by atoms with E-state index in [1.807, 2.05) is 32.9 Å². The Morgan fingerprint density at radius 1 is 1.30 bits per heavy atom. The van der Waals surface area contributed by atoms with Gasteiger partial charge in [-0.1, -0.05) is 36.4 Å². The molecule has 0 bridgehead atoms. The van der Waals surface area contributed by atoms with Crippen molar-refractivity contribution in [2.45, 2.75) is 39.9 Å². The lowest BCUT2D eigenvalue weighted by Gasteiger charge is -2.27. The number of nitriles is 1. The number of allylic oxidation sites excluding steroid dienone is 7. The molecule has 2 aliphatic rings. The Morgan fingerprint density at radius 3 is 2.70 bits per heavy atom. The van der Waals surface area contributed by atoms with Crippen molar-refractivity contribution in [2.24, 2.45) is 5.92 Å². The fourth-order valence-electron chi connectivity index (χ4n) is 3.49. The second kappa shape index (κ2) is 9.74. The van der Waals surface area contributed by atoms with Crippen molar-refractivity contribution in [2.75, 3.05) is 0 Å². The van der Waals surface area contributed by atoms with Crippen molar-refractivity contribution in [3.8, 4) is 6.07 Å². The summed E-state index contributed by atoms with van der Waals surface area (Å²) in [6, 6.07) is 8.05. The third-order valence-corrected chi connectivity index (χ3v) is 7.02. The minimum Gasteiger partial charge on any atom is -0.345 e. The van der Waals surface area contributed by atoms with Crippen molar-refractivity contribution in [1.82, 2.24) is 5.32 Å². The molecule has 2 unspecified atom stereocenters. The zero-order valence-corrected chi connectivity index (χ0v) is 19.5. The smallest absolute Gasteiger partial charge is 0.345 e. The molecule has 0 aromatic heterocycles. The Balaban J connectivity index is 1.85. The molecule has 3 rings (SSSR count). The molecule has 1 aliphatic carbocycles. The summed E-state index contributed by atoms with van der Waals surface area (Å²) >= 11 is 1.36. The molecule has 2 atom stereocenters. The van der Waals surface area contributed by atoms with Crippen LogP contribution in [0.5, 0.6) is 0 Å². The maximum absolute atomic E-state index is 13.6. The molecular weight excluding hydrogens is 445 g/mol. The van der Waals surface area contributed by atoms with Gasteiger partial charge in [0.05, 0.1) is 23.2 Å². The number of hydrogen-bond donors (Lipinski definition) is 1. The number of amides is 1. The van der Waals surface area contributed by atoms with E-state index in [-0.39, 0.29) is 23.4 Å². The van der Waals surface area contributed by atoms with E-state index >= 15 is 0 Å². The lowest BCUT2D eigenvalue weighted by atomic mass is 9.96. The van der Waals surface area contributed by atoms with Gasteiger partial charge in [-0.3, -0.25) is 4.79 Å². The molecule has 0 spiro atoms. The second-order valence-corrected chi connectivity index (χ2v) is 9.06. The van der Waals surface area contributed by atoms with E-state index in [0.29, 0.717) is 16.7 Å². The van der Waals surface area contributed by atoms with Gasteiger partial charge in [0.25, 0.3) is 5.91 Å². The van der Waals surface area contributed by atoms with Crippen LogP contribution in [0.1, 0.15) is 43.6 Å². The Labute approximate surface area is 195 Å². The largest absolute Gasteiger partial charge is 0.417 e. The fraction of sp³-hybridized carbons (Fsp3) is 0.269.